The normalized spacial score (nSPS) is 27.0. The highest BCUT2D eigenvalue weighted by atomic mass is 28.4. The topological polar surface area (TPSA) is 29.5 Å². The molecule has 3 rings (SSSR count). The van der Waals surface area contributed by atoms with E-state index in [-0.39, 0.29) is 17.6 Å². The predicted molar refractivity (Wildman–Crippen MR) is 97.0 cm³/mol. The lowest BCUT2D eigenvalue weighted by Crippen LogP contribution is -2.37. The van der Waals surface area contributed by atoms with Crippen LogP contribution in [0, 0.1) is 0 Å². The average Bonchev–Trinajstić information content (AvgIpc) is 3.17. The molecule has 1 aliphatic rings. The predicted octanol–water partition coefficient (Wildman–Crippen LogP) is 4.46. The summed E-state index contributed by atoms with van der Waals surface area (Å²) in [5.41, 5.74) is 2.09. The SMILES string of the molecule is C[Si](C)(C)OC1(c2ccccc2)CC1(CCO)c1ccccc1. The minimum atomic E-state index is -1.75. The molecule has 0 aromatic heterocycles. The molecule has 0 heterocycles. The Morgan fingerprint density at radius 3 is 1.91 bits per heavy atom. The van der Waals surface area contributed by atoms with Gasteiger partial charge in [-0.05, 0) is 43.6 Å². The van der Waals surface area contributed by atoms with Gasteiger partial charge in [0, 0.05) is 12.0 Å². The van der Waals surface area contributed by atoms with Crippen LogP contribution in [0.25, 0.3) is 0 Å². The van der Waals surface area contributed by atoms with Crippen LogP contribution in [0.15, 0.2) is 60.7 Å². The van der Waals surface area contributed by atoms with Crippen LogP contribution in [0.3, 0.4) is 0 Å². The van der Waals surface area contributed by atoms with E-state index in [0.29, 0.717) is 0 Å². The van der Waals surface area contributed by atoms with E-state index in [1.165, 1.54) is 11.1 Å². The standard InChI is InChI=1S/C20H26O2Si/c1-23(2,3)22-20(18-12-8-5-9-13-18)16-19(20,14-15-21)17-10-6-4-7-11-17/h4-13,21H,14-16H2,1-3H3. The first kappa shape index (κ1) is 16.4. The van der Waals surface area contributed by atoms with E-state index in [2.05, 4.69) is 68.2 Å². The van der Waals surface area contributed by atoms with Crippen molar-refractivity contribution in [2.75, 3.05) is 6.61 Å². The molecule has 1 aliphatic carbocycles. The highest BCUT2D eigenvalue weighted by Gasteiger charge is 2.70. The highest BCUT2D eigenvalue weighted by Crippen LogP contribution is 2.68. The third-order valence-electron chi connectivity index (χ3n) is 4.78. The molecule has 1 fully saturated rings. The second kappa shape index (κ2) is 5.89. The number of hydrogen-bond donors (Lipinski definition) is 1. The third kappa shape index (κ3) is 2.89. The monoisotopic (exact) mass is 326 g/mol. The summed E-state index contributed by atoms with van der Waals surface area (Å²) in [6, 6.07) is 21.1. The summed E-state index contributed by atoms with van der Waals surface area (Å²) < 4.78 is 6.77. The first-order chi connectivity index (χ1) is 10.9. The molecule has 0 amide bonds. The van der Waals surface area contributed by atoms with Crippen molar-refractivity contribution in [2.45, 2.75) is 43.5 Å². The van der Waals surface area contributed by atoms with E-state index in [1.807, 2.05) is 12.1 Å². The van der Waals surface area contributed by atoms with E-state index < -0.39 is 8.32 Å². The maximum atomic E-state index is 9.74. The molecule has 0 radical (unpaired) electrons. The summed E-state index contributed by atoms with van der Waals surface area (Å²) in [4.78, 5) is 0. The molecule has 0 spiro atoms. The van der Waals surface area contributed by atoms with E-state index in [4.69, 9.17) is 4.43 Å². The quantitative estimate of drug-likeness (QED) is 0.794. The molecule has 23 heavy (non-hydrogen) atoms. The molecule has 0 aliphatic heterocycles. The second-order valence-electron chi connectivity index (χ2n) is 7.51. The van der Waals surface area contributed by atoms with Crippen molar-refractivity contribution in [3.8, 4) is 0 Å². The van der Waals surface area contributed by atoms with Crippen LogP contribution >= 0.6 is 0 Å². The van der Waals surface area contributed by atoms with Gasteiger partial charge in [-0.2, -0.15) is 0 Å². The lowest BCUT2D eigenvalue weighted by molar-refractivity contribution is 0.128. The van der Waals surface area contributed by atoms with Gasteiger partial charge in [-0.25, -0.2) is 0 Å². The van der Waals surface area contributed by atoms with Crippen molar-refractivity contribution in [1.82, 2.24) is 0 Å². The lowest BCUT2D eigenvalue weighted by Gasteiger charge is -2.33. The Balaban J connectivity index is 2.10. The molecule has 2 aromatic carbocycles. The van der Waals surface area contributed by atoms with Crippen molar-refractivity contribution in [1.29, 1.82) is 0 Å². The van der Waals surface area contributed by atoms with Crippen LogP contribution in [0.5, 0.6) is 0 Å². The lowest BCUT2D eigenvalue weighted by atomic mass is 9.86. The number of aliphatic hydroxyl groups excluding tert-OH is 1. The van der Waals surface area contributed by atoms with E-state index in [9.17, 15) is 5.11 Å². The molecule has 2 unspecified atom stereocenters. The Labute approximate surface area is 140 Å². The van der Waals surface area contributed by atoms with Gasteiger partial charge in [-0.15, -0.1) is 0 Å². The smallest absolute Gasteiger partial charge is 0.185 e. The summed E-state index contributed by atoms with van der Waals surface area (Å²) >= 11 is 0. The molecule has 1 N–H and O–H groups in total. The molecule has 0 bridgehead atoms. The molecule has 3 heteroatoms. The second-order valence-corrected chi connectivity index (χ2v) is 11.9. The van der Waals surface area contributed by atoms with Crippen LogP contribution < -0.4 is 0 Å². The van der Waals surface area contributed by atoms with Gasteiger partial charge in [-0.3, -0.25) is 0 Å². The molecule has 2 nitrogen and oxygen atoms in total. The van der Waals surface area contributed by atoms with Crippen LogP contribution in [-0.4, -0.2) is 20.0 Å². The van der Waals surface area contributed by atoms with Gasteiger partial charge in [0.25, 0.3) is 0 Å². The highest BCUT2D eigenvalue weighted by molar-refractivity contribution is 6.69. The Morgan fingerprint density at radius 2 is 1.43 bits per heavy atom. The van der Waals surface area contributed by atoms with Crippen molar-refractivity contribution >= 4 is 8.32 Å². The van der Waals surface area contributed by atoms with Crippen molar-refractivity contribution in [3.05, 3.63) is 71.8 Å². The maximum Gasteiger partial charge on any atom is 0.185 e. The minimum absolute atomic E-state index is 0.120. The minimum Gasteiger partial charge on any atom is -0.407 e. The zero-order valence-electron chi connectivity index (χ0n) is 14.3. The number of benzene rings is 2. The van der Waals surface area contributed by atoms with Crippen molar-refractivity contribution < 1.29 is 9.53 Å². The maximum absolute atomic E-state index is 9.74. The Hall–Kier alpha value is -1.42. The zero-order chi connectivity index (χ0) is 16.6. The van der Waals surface area contributed by atoms with Crippen LogP contribution in [-0.2, 0) is 15.4 Å². The van der Waals surface area contributed by atoms with E-state index in [1.54, 1.807) is 0 Å². The molecular formula is C20H26O2Si. The van der Waals surface area contributed by atoms with E-state index >= 15 is 0 Å². The molecule has 1 saturated carbocycles. The fourth-order valence-corrected chi connectivity index (χ4v) is 5.33. The van der Waals surface area contributed by atoms with Gasteiger partial charge in [0.15, 0.2) is 8.32 Å². The fourth-order valence-electron chi connectivity index (χ4n) is 3.90. The van der Waals surface area contributed by atoms with Gasteiger partial charge in [0.1, 0.15) is 0 Å². The summed E-state index contributed by atoms with van der Waals surface area (Å²) in [6.07, 6.45) is 1.68. The molecular weight excluding hydrogens is 300 g/mol. The molecule has 2 aromatic rings. The summed E-state index contributed by atoms with van der Waals surface area (Å²) in [5.74, 6) is 0. The van der Waals surface area contributed by atoms with Crippen LogP contribution in [0.2, 0.25) is 19.6 Å². The van der Waals surface area contributed by atoms with Gasteiger partial charge in [-0.1, -0.05) is 60.7 Å². The summed E-state index contributed by atoms with van der Waals surface area (Å²) in [7, 11) is -1.75. The molecule has 0 saturated heterocycles. The summed E-state index contributed by atoms with van der Waals surface area (Å²) in [6.45, 7) is 6.90. The number of hydrogen-bond acceptors (Lipinski definition) is 2. The average molecular weight is 327 g/mol. The van der Waals surface area contributed by atoms with Crippen molar-refractivity contribution in [3.63, 3.8) is 0 Å². The van der Waals surface area contributed by atoms with E-state index in [0.717, 1.165) is 12.8 Å². The van der Waals surface area contributed by atoms with Crippen molar-refractivity contribution in [2.24, 2.45) is 0 Å². The third-order valence-corrected chi connectivity index (χ3v) is 5.75. The van der Waals surface area contributed by atoms with Gasteiger partial charge in [0.05, 0.1) is 5.60 Å². The van der Waals surface area contributed by atoms with Gasteiger partial charge >= 0.3 is 0 Å². The number of rotatable bonds is 6. The zero-order valence-corrected chi connectivity index (χ0v) is 15.3. The first-order valence-corrected chi connectivity index (χ1v) is 11.8. The van der Waals surface area contributed by atoms with Crippen LogP contribution in [0.1, 0.15) is 24.0 Å². The Kier molecular flexibility index (Phi) is 4.21. The van der Waals surface area contributed by atoms with Gasteiger partial charge < -0.3 is 9.53 Å². The van der Waals surface area contributed by atoms with Gasteiger partial charge in [0.2, 0.25) is 0 Å². The Morgan fingerprint density at radius 1 is 0.913 bits per heavy atom. The number of aliphatic hydroxyl groups is 1. The first-order valence-electron chi connectivity index (χ1n) is 8.36. The Bertz CT molecular complexity index is 650. The largest absolute Gasteiger partial charge is 0.407 e. The van der Waals surface area contributed by atoms with Crippen LogP contribution in [0.4, 0.5) is 0 Å². The molecule has 122 valence electrons. The summed E-state index contributed by atoms with van der Waals surface area (Å²) in [5, 5.41) is 9.74. The fraction of sp³-hybridized carbons (Fsp3) is 0.400. The molecule has 2 atom stereocenters.